The molecular formula is C13H16INO3. The zero-order valence-corrected chi connectivity index (χ0v) is 12.5. The van der Waals surface area contributed by atoms with Gasteiger partial charge in [-0.05, 0) is 40.1 Å². The van der Waals surface area contributed by atoms with E-state index in [4.69, 9.17) is 5.11 Å². The molecule has 1 rings (SSSR count). The van der Waals surface area contributed by atoms with Gasteiger partial charge in [0, 0.05) is 3.57 Å². The van der Waals surface area contributed by atoms with Gasteiger partial charge in [0.05, 0.1) is 6.42 Å². The molecule has 0 saturated carbocycles. The Morgan fingerprint density at radius 3 is 2.44 bits per heavy atom. The van der Waals surface area contributed by atoms with Gasteiger partial charge in [0.2, 0.25) is 5.91 Å². The molecule has 2 N–H and O–H groups in total. The third-order valence-corrected chi connectivity index (χ3v) is 3.61. The molecule has 0 heterocycles. The van der Waals surface area contributed by atoms with Gasteiger partial charge in [-0.2, -0.15) is 0 Å². The first-order chi connectivity index (χ1) is 8.41. The van der Waals surface area contributed by atoms with Gasteiger partial charge in [-0.25, -0.2) is 4.79 Å². The van der Waals surface area contributed by atoms with E-state index in [0.29, 0.717) is 0 Å². The quantitative estimate of drug-likeness (QED) is 0.789. The van der Waals surface area contributed by atoms with Crippen molar-refractivity contribution in [1.29, 1.82) is 0 Å². The minimum Gasteiger partial charge on any atom is -0.480 e. The Morgan fingerprint density at radius 1 is 1.33 bits per heavy atom. The smallest absolute Gasteiger partial charge is 0.326 e. The standard InChI is InChI=1S/C13H16INO3/c1-8(2)12(13(17)18)15-11(16)7-9-5-3-4-6-10(9)14/h3-6,8,12H,7H2,1-2H3,(H,15,16)(H,17,18). The molecule has 0 aliphatic rings. The monoisotopic (exact) mass is 361 g/mol. The molecule has 18 heavy (non-hydrogen) atoms. The Hall–Kier alpha value is -1.11. The highest BCUT2D eigenvalue weighted by Gasteiger charge is 2.23. The summed E-state index contributed by atoms with van der Waals surface area (Å²) in [5, 5.41) is 11.5. The molecule has 4 nitrogen and oxygen atoms in total. The second-order valence-electron chi connectivity index (χ2n) is 4.40. The maximum Gasteiger partial charge on any atom is 0.326 e. The number of amides is 1. The lowest BCUT2D eigenvalue weighted by Crippen LogP contribution is -2.44. The van der Waals surface area contributed by atoms with E-state index in [0.717, 1.165) is 9.13 Å². The van der Waals surface area contributed by atoms with E-state index in [1.54, 1.807) is 13.8 Å². The van der Waals surface area contributed by atoms with Crippen molar-refractivity contribution in [2.24, 2.45) is 5.92 Å². The molecule has 1 unspecified atom stereocenters. The van der Waals surface area contributed by atoms with Gasteiger partial charge in [-0.1, -0.05) is 32.0 Å². The molecule has 98 valence electrons. The molecule has 0 spiro atoms. The number of hydrogen-bond donors (Lipinski definition) is 2. The van der Waals surface area contributed by atoms with Crippen molar-refractivity contribution >= 4 is 34.5 Å². The van der Waals surface area contributed by atoms with Gasteiger partial charge in [0.15, 0.2) is 0 Å². The third-order valence-electron chi connectivity index (χ3n) is 2.56. The summed E-state index contributed by atoms with van der Waals surface area (Å²) in [6.07, 6.45) is 0.204. The maximum atomic E-state index is 11.8. The maximum absolute atomic E-state index is 11.8. The molecule has 1 amide bonds. The predicted molar refractivity (Wildman–Crippen MR) is 77.3 cm³/mol. The lowest BCUT2D eigenvalue weighted by atomic mass is 10.0. The first-order valence-corrected chi connectivity index (χ1v) is 6.75. The summed E-state index contributed by atoms with van der Waals surface area (Å²) in [6, 6.07) is 6.71. The fourth-order valence-electron chi connectivity index (χ4n) is 1.55. The predicted octanol–water partition coefficient (Wildman–Crippen LogP) is 2.06. The first-order valence-electron chi connectivity index (χ1n) is 5.67. The Kier molecular flexibility index (Phi) is 5.58. The average molecular weight is 361 g/mol. The van der Waals surface area contributed by atoms with E-state index in [2.05, 4.69) is 27.9 Å². The number of halogens is 1. The Labute approximate surface area is 120 Å². The summed E-state index contributed by atoms with van der Waals surface area (Å²) in [5.74, 6) is -1.40. The molecule has 0 aliphatic heterocycles. The van der Waals surface area contributed by atoms with Crippen molar-refractivity contribution in [3.8, 4) is 0 Å². The fraction of sp³-hybridized carbons (Fsp3) is 0.385. The van der Waals surface area contributed by atoms with Crippen LogP contribution in [0, 0.1) is 9.49 Å². The van der Waals surface area contributed by atoms with Crippen LogP contribution in [0.4, 0.5) is 0 Å². The lowest BCUT2D eigenvalue weighted by Gasteiger charge is -2.18. The van der Waals surface area contributed by atoms with Crippen LogP contribution in [-0.4, -0.2) is 23.0 Å². The van der Waals surface area contributed by atoms with Gasteiger partial charge < -0.3 is 10.4 Å². The number of carboxylic acid groups (broad SMARTS) is 1. The van der Waals surface area contributed by atoms with E-state index < -0.39 is 12.0 Å². The molecule has 1 atom stereocenters. The number of nitrogens with one attached hydrogen (secondary N) is 1. The van der Waals surface area contributed by atoms with Crippen molar-refractivity contribution in [2.75, 3.05) is 0 Å². The highest BCUT2D eigenvalue weighted by molar-refractivity contribution is 14.1. The Morgan fingerprint density at radius 2 is 1.94 bits per heavy atom. The summed E-state index contributed by atoms with van der Waals surface area (Å²) in [7, 11) is 0. The minimum atomic E-state index is -0.999. The number of benzene rings is 1. The number of carbonyl (C=O) groups is 2. The molecule has 0 aliphatic carbocycles. The van der Waals surface area contributed by atoms with E-state index in [1.165, 1.54) is 0 Å². The second-order valence-corrected chi connectivity index (χ2v) is 5.56. The van der Waals surface area contributed by atoms with Crippen LogP contribution >= 0.6 is 22.6 Å². The van der Waals surface area contributed by atoms with Crippen LogP contribution in [0.2, 0.25) is 0 Å². The van der Waals surface area contributed by atoms with Gasteiger partial charge >= 0.3 is 5.97 Å². The summed E-state index contributed by atoms with van der Waals surface area (Å²) in [4.78, 5) is 22.8. The lowest BCUT2D eigenvalue weighted by molar-refractivity contribution is -0.143. The molecule has 0 fully saturated rings. The molecule has 1 aromatic rings. The SMILES string of the molecule is CC(C)C(NC(=O)Cc1ccccc1I)C(=O)O. The summed E-state index contributed by atoms with van der Waals surface area (Å²) in [6.45, 7) is 3.54. The van der Waals surface area contributed by atoms with Gasteiger partial charge in [-0.15, -0.1) is 0 Å². The summed E-state index contributed by atoms with van der Waals surface area (Å²) >= 11 is 2.16. The highest BCUT2D eigenvalue weighted by atomic mass is 127. The van der Waals surface area contributed by atoms with Crippen molar-refractivity contribution in [3.63, 3.8) is 0 Å². The third kappa shape index (κ3) is 4.29. The van der Waals surface area contributed by atoms with E-state index >= 15 is 0 Å². The molecule has 0 saturated heterocycles. The molecule has 0 aromatic heterocycles. The number of carboxylic acids is 1. The number of hydrogen-bond acceptors (Lipinski definition) is 2. The van der Waals surface area contributed by atoms with Crippen LogP contribution in [-0.2, 0) is 16.0 Å². The number of rotatable bonds is 5. The zero-order chi connectivity index (χ0) is 13.7. The molecule has 0 bridgehead atoms. The number of aliphatic carboxylic acids is 1. The van der Waals surface area contributed by atoms with Crippen LogP contribution < -0.4 is 5.32 Å². The highest BCUT2D eigenvalue weighted by Crippen LogP contribution is 2.12. The Bertz CT molecular complexity index is 446. The minimum absolute atomic E-state index is 0.138. The van der Waals surface area contributed by atoms with E-state index in [9.17, 15) is 9.59 Å². The zero-order valence-electron chi connectivity index (χ0n) is 10.3. The summed E-state index contributed by atoms with van der Waals surface area (Å²) in [5.41, 5.74) is 0.906. The van der Waals surface area contributed by atoms with Gasteiger partial charge in [0.25, 0.3) is 0 Å². The van der Waals surface area contributed by atoms with Crippen molar-refractivity contribution < 1.29 is 14.7 Å². The molecule has 5 heteroatoms. The van der Waals surface area contributed by atoms with E-state index in [-0.39, 0.29) is 18.2 Å². The number of carbonyl (C=O) groups excluding carboxylic acids is 1. The molecule has 1 aromatic carbocycles. The van der Waals surface area contributed by atoms with Crippen molar-refractivity contribution in [2.45, 2.75) is 26.3 Å². The van der Waals surface area contributed by atoms with Crippen molar-refractivity contribution in [3.05, 3.63) is 33.4 Å². The van der Waals surface area contributed by atoms with Crippen LogP contribution in [0.3, 0.4) is 0 Å². The largest absolute Gasteiger partial charge is 0.480 e. The second kappa shape index (κ2) is 6.72. The average Bonchev–Trinajstić information content (AvgIpc) is 2.28. The van der Waals surface area contributed by atoms with Crippen molar-refractivity contribution in [1.82, 2.24) is 5.32 Å². The van der Waals surface area contributed by atoms with Crippen LogP contribution in [0.25, 0.3) is 0 Å². The Balaban J connectivity index is 2.67. The molecular weight excluding hydrogens is 345 g/mol. The molecule has 0 radical (unpaired) electrons. The topological polar surface area (TPSA) is 66.4 Å². The van der Waals surface area contributed by atoms with Crippen LogP contribution in [0.15, 0.2) is 24.3 Å². The van der Waals surface area contributed by atoms with Gasteiger partial charge in [-0.3, -0.25) is 4.79 Å². The van der Waals surface area contributed by atoms with Gasteiger partial charge in [0.1, 0.15) is 6.04 Å². The normalized spacial score (nSPS) is 12.2. The van der Waals surface area contributed by atoms with Crippen LogP contribution in [0.5, 0.6) is 0 Å². The van der Waals surface area contributed by atoms with Crippen LogP contribution in [0.1, 0.15) is 19.4 Å². The first kappa shape index (κ1) is 14.9. The fourth-order valence-corrected chi connectivity index (χ4v) is 2.13. The van der Waals surface area contributed by atoms with E-state index in [1.807, 2.05) is 24.3 Å². The summed E-state index contributed by atoms with van der Waals surface area (Å²) < 4.78 is 1.00.